The molecule has 110 valence electrons. The van der Waals surface area contributed by atoms with E-state index < -0.39 is 12.1 Å². The molecule has 1 aromatic rings. The van der Waals surface area contributed by atoms with E-state index in [1.54, 1.807) is 0 Å². The summed E-state index contributed by atoms with van der Waals surface area (Å²) in [4.78, 5) is 22.6. The quantitative estimate of drug-likeness (QED) is 0.587. The van der Waals surface area contributed by atoms with Gasteiger partial charge in [-0.2, -0.15) is 0 Å². The summed E-state index contributed by atoms with van der Waals surface area (Å²) in [7, 11) is 0. The molecular formula is C15H21NO4. The van der Waals surface area contributed by atoms with Gasteiger partial charge in [0.2, 0.25) is 0 Å². The van der Waals surface area contributed by atoms with Crippen molar-refractivity contribution in [3.63, 3.8) is 0 Å². The predicted octanol–water partition coefficient (Wildman–Crippen LogP) is 2.65. The first-order chi connectivity index (χ1) is 9.72. The monoisotopic (exact) mass is 279 g/mol. The van der Waals surface area contributed by atoms with Crippen molar-refractivity contribution in [1.29, 1.82) is 0 Å². The van der Waals surface area contributed by atoms with Crippen LogP contribution in [0.25, 0.3) is 0 Å². The number of carbonyl (C=O) groups excluding carboxylic acids is 2. The van der Waals surface area contributed by atoms with Crippen LogP contribution in [0.2, 0.25) is 0 Å². The van der Waals surface area contributed by atoms with Crippen molar-refractivity contribution in [3.05, 3.63) is 35.9 Å². The van der Waals surface area contributed by atoms with Crippen LogP contribution in [-0.2, 0) is 20.9 Å². The number of carbonyl (C=O) groups is 2. The highest BCUT2D eigenvalue weighted by Crippen LogP contribution is 2.00. The minimum Gasteiger partial charge on any atom is -0.464 e. The highest BCUT2D eigenvalue weighted by Gasteiger charge is 2.07. The van der Waals surface area contributed by atoms with Crippen molar-refractivity contribution < 1.29 is 19.1 Å². The Bertz CT molecular complexity index is 406. The number of hydrogen-bond donors (Lipinski definition) is 1. The molecule has 0 saturated carbocycles. The second-order valence-electron chi connectivity index (χ2n) is 4.34. The Morgan fingerprint density at radius 3 is 2.55 bits per heavy atom. The number of amides is 1. The van der Waals surface area contributed by atoms with E-state index >= 15 is 0 Å². The smallest absolute Gasteiger partial charge is 0.407 e. The largest absolute Gasteiger partial charge is 0.464 e. The lowest BCUT2D eigenvalue weighted by molar-refractivity contribution is -0.142. The van der Waals surface area contributed by atoms with Crippen LogP contribution >= 0.6 is 0 Å². The van der Waals surface area contributed by atoms with E-state index in [0.717, 1.165) is 24.8 Å². The maximum atomic E-state index is 11.4. The normalized spacial score (nSPS) is 9.85. The molecular weight excluding hydrogens is 258 g/mol. The lowest BCUT2D eigenvalue weighted by Gasteiger charge is -2.07. The van der Waals surface area contributed by atoms with E-state index in [9.17, 15) is 9.59 Å². The fourth-order valence-corrected chi connectivity index (χ4v) is 1.51. The molecule has 1 aromatic carbocycles. The molecule has 5 heteroatoms. The SMILES string of the molecule is CCCCCOC(=O)CNC(=O)OCc1ccccc1. The topological polar surface area (TPSA) is 64.6 Å². The van der Waals surface area contributed by atoms with Gasteiger partial charge in [0, 0.05) is 0 Å². The van der Waals surface area contributed by atoms with Gasteiger partial charge in [0.05, 0.1) is 6.61 Å². The molecule has 0 spiro atoms. The molecule has 0 atom stereocenters. The number of unbranched alkanes of at least 4 members (excludes halogenated alkanes) is 2. The molecule has 0 aliphatic rings. The molecule has 20 heavy (non-hydrogen) atoms. The Kier molecular flexibility index (Phi) is 7.87. The van der Waals surface area contributed by atoms with Gasteiger partial charge in [-0.25, -0.2) is 4.79 Å². The van der Waals surface area contributed by atoms with Crippen molar-refractivity contribution in [2.45, 2.75) is 32.8 Å². The van der Waals surface area contributed by atoms with Gasteiger partial charge in [0.1, 0.15) is 13.2 Å². The molecule has 0 bridgehead atoms. The summed E-state index contributed by atoms with van der Waals surface area (Å²) in [5, 5.41) is 2.36. The summed E-state index contributed by atoms with van der Waals surface area (Å²) < 4.78 is 9.91. The molecule has 0 radical (unpaired) electrons. The number of ether oxygens (including phenoxy) is 2. The third kappa shape index (κ3) is 7.41. The number of benzene rings is 1. The lowest BCUT2D eigenvalue weighted by atomic mass is 10.2. The Morgan fingerprint density at radius 2 is 1.85 bits per heavy atom. The molecule has 5 nitrogen and oxygen atoms in total. The predicted molar refractivity (Wildman–Crippen MR) is 75.1 cm³/mol. The molecule has 0 fully saturated rings. The fourth-order valence-electron chi connectivity index (χ4n) is 1.51. The molecule has 0 unspecified atom stereocenters. The van der Waals surface area contributed by atoms with E-state index in [2.05, 4.69) is 12.2 Å². The second-order valence-corrected chi connectivity index (χ2v) is 4.34. The average molecular weight is 279 g/mol. The summed E-state index contributed by atoms with van der Waals surface area (Å²) in [5.41, 5.74) is 0.893. The van der Waals surface area contributed by atoms with Crippen molar-refractivity contribution in [1.82, 2.24) is 5.32 Å². The van der Waals surface area contributed by atoms with Crippen LogP contribution in [-0.4, -0.2) is 25.2 Å². The van der Waals surface area contributed by atoms with Crippen LogP contribution in [0.4, 0.5) is 4.79 Å². The van der Waals surface area contributed by atoms with Crippen LogP contribution in [0.15, 0.2) is 30.3 Å². The molecule has 0 heterocycles. The van der Waals surface area contributed by atoms with E-state index in [4.69, 9.17) is 9.47 Å². The zero-order valence-corrected chi connectivity index (χ0v) is 11.8. The van der Waals surface area contributed by atoms with E-state index in [1.165, 1.54) is 0 Å². The van der Waals surface area contributed by atoms with Gasteiger partial charge in [0.15, 0.2) is 0 Å². The first kappa shape index (κ1) is 16.0. The average Bonchev–Trinajstić information content (AvgIpc) is 2.48. The number of alkyl carbamates (subject to hydrolysis) is 1. The molecule has 0 aliphatic heterocycles. The Hall–Kier alpha value is -2.04. The molecule has 0 saturated heterocycles. The molecule has 1 N–H and O–H groups in total. The molecule has 0 aromatic heterocycles. The molecule has 1 rings (SSSR count). The summed E-state index contributed by atoms with van der Waals surface area (Å²) in [6, 6.07) is 9.33. The second kappa shape index (κ2) is 9.83. The van der Waals surface area contributed by atoms with Gasteiger partial charge in [-0.1, -0.05) is 50.1 Å². The lowest BCUT2D eigenvalue weighted by Crippen LogP contribution is -2.31. The van der Waals surface area contributed by atoms with Crippen molar-refractivity contribution in [2.75, 3.05) is 13.2 Å². The van der Waals surface area contributed by atoms with Gasteiger partial charge < -0.3 is 14.8 Å². The summed E-state index contributed by atoms with van der Waals surface area (Å²) in [6.07, 6.45) is 2.32. The van der Waals surface area contributed by atoms with Crippen LogP contribution in [0.5, 0.6) is 0 Å². The molecule has 0 aliphatic carbocycles. The summed E-state index contributed by atoms with van der Waals surface area (Å²) >= 11 is 0. The van der Waals surface area contributed by atoms with E-state index in [-0.39, 0.29) is 13.2 Å². The third-order valence-electron chi connectivity index (χ3n) is 2.60. The minimum atomic E-state index is -0.626. The number of esters is 1. The maximum Gasteiger partial charge on any atom is 0.407 e. The zero-order valence-electron chi connectivity index (χ0n) is 11.8. The van der Waals surface area contributed by atoms with Crippen LogP contribution < -0.4 is 5.32 Å². The van der Waals surface area contributed by atoms with Gasteiger partial charge >= 0.3 is 12.1 Å². The van der Waals surface area contributed by atoms with Gasteiger partial charge in [-0.3, -0.25) is 4.79 Å². The Labute approximate surface area is 119 Å². The van der Waals surface area contributed by atoms with Crippen LogP contribution in [0.3, 0.4) is 0 Å². The van der Waals surface area contributed by atoms with E-state index in [0.29, 0.717) is 6.61 Å². The third-order valence-corrected chi connectivity index (χ3v) is 2.60. The number of hydrogen-bond acceptors (Lipinski definition) is 4. The highest BCUT2D eigenvalue weighted by molar-refractivity contribution is 5.77. The molecule has 1 amide bonds. The van der Waals surface area contributed by atoms with Gasteiger partial charge in [-0.15, -0.1) is 0 Å². The van der Waals surface area contributed by atoms with Crippen LogP contribution in [0, 0.1) is 0 Å². The first-order valence-electron chi connectivity index (χ1n) is 6.82. The Morgan fingerprint density at radius 1 is 1.10 bits per heavy atom. The Balaban J connectivity index is 2.09. The highest BCUT2D eigenvalue weighted by atomic mass is 16.6. The first-order valence-corrected chi connectivity index (χ1v) is 6.82. The maximum absolute atomic E-state index is 11.4. The summed E-state index contributed by atoms with van der Waals surface area (Å²) in [5.74, 6) is -0.447. The minimum absolute atomic E-state index is 0.167. The van der Waals surface area contributed by atoms with E-state index in [1.807, 2.05) is 30.3 Å². The van der Waals surface area contributed by atoms with Crippen LogP contribution in [0.1, 0.15) is 31.7 Å². The summed E-state index contributed by atoms with van der Waals surface area (Å²) in [6.45, 7) is 2.48. The van der Waals surface area contributed by atoms with Crippen molar-refractivity contribution in [3.8, 4) is 0 Å². The van der Waals surface area contributed by atoms with Crippen molar-refractivity contribution in [2.24, 2.45) is 0 Å². The fraction of sp³-hybridized carbons (Fsp3) is 0.467. The number of rotatable bonds is 8. The number of nitrogens with one attached hydrogen (secondary N) is 1. The van der Waals surface area contributed by atoms with Gasteiger partial charge in [0.25, 0.3) is 0 Å². The van der Waals surface area contributed by atoms with Crippen molar-refractivity contribution >= 4 is 12.1 Å². The van der Waals surface area contributed by atoms with Gasteiger partial charge in [-0.05, 0) is 12.0 Å². The zero-order chi connectivity index (χ0) is 14.6. The standard InChI is InChI=1S/C15H21NO4/c1-2-3-7-10-19-14(17)11-16-15(18)20-12-13-8-5-4-6-9-13/h4-6,8-9H,2-3,7,10-12H2,1H3,(H,16,18).